The Morgan fingerprint density at radius 3 is 2.16 bits per heavy atom. The van der Waals surface area contributed by atoms with E-state index >= 15 is 0 Å². The average Bonchev–Trinajstić information content (AvgIpc) is 3.83. The van der Waals surface area contributed by atoms with Gasteiger partial charge in [0.2, 0.25) is 0 Å². The first-order valence-corrected chi connectivity index (χ1v) is 18.7. The predicted octanol–water partition coefficient (Wildman–Crippen LogP) is 10.8. The Bertz CT molecular complexity index is 3000. The molecule has 0 fully saturated rings. The molecule has 9 aromatic rings. The van der Waals surface area contributed by atoms with Gasteiger partial charge in [-0.1, -0.05) is 129 Å². The van der Waals surface area contributed by atoms with Gasteiger partial charge in [0.05, 0.1) is 0 Å². The molecule has 6 nitrogen and oxygen atoms in total. The molecule has 3 aromatic heterocycles. The largest absolute Gasteiger partial charge is 2.00 e. The van der Waals surface area contributed by atoms with Gasteiger partial charge in [0.15, 0.2) is 0 Å². The summed E-state index contributed by atoms with van der Waals surface area (Å²) in [4.78, 5) is 12.2. The molecule has 270 valence electrons. The summed E-state index contributed by atoms with van der Waals surface area (Å²) < 4.78 is 11.1. The van der Waals surface area contributed by atoms with E-state index in [9.17, 15) is 0 Å². The summed E-state index contributed by atoms with van der Waals surface area (Å²) in [5, 5.41) is 2.23. The second kappa shape index (κ2) is 13.0. The van der Waals surface area contributed by atoms with Crippen LogP contribution in [0.25, 0.3) is 61.3 Å². The van der Waals surface area contributed by atoms with Gasteiger partial charge in [0.25, 0.3) is 0 Å². The first kappa shape index (κ1) is 34.3. The van der Waals surface area contributed by atoms with Crippen LogP contribution in [0.15, 0.2) is 152 Å². The standard InChI is InChI=1S/C48H34BN5O.Pt/c1-48(2,3)31-24-25-50-46(28-31)53-42-18-10-7-16-38(42)39-22-20-33(30-45(39)53)55-32-21-23-44-40(29-32)47-51-26-27-52(47)49-41-17-9-6-14-36(41)34-12-4-5-13-35(34)37-15-8-11-19-43(37)54(44)49;/h4-28H,1-3H3;/q-2;+2. The first-order chi connectivity index (χ1) is 26.9. The number of nitrogens with zero attached hydrogens (tertiary/aromatic N) is 5. The molecule has 0 radical (unpaired) electrons. The molecule has 5 heterocycles. The number of para-hydroxylation sites is 2. The predicted molar refractivity (Wildman–Crippen MR) is 223 cm³/mol. The number of benzene rings is 6. The van der Waals surface area contributed by atoms with Crippen LogP contribution < -0.4 is 15.0 Å². The second-order valence-corrected chi connectivity index (χ2v) is 15.3. The Balaban J connectivity index is 0.00000384. The molecule has 2 aliphatic rings. The molecule has 0 saturated carbocycles. The Hall–Kier alpha value is -6.17. The SMILES string of the molecule is CC(C)(C)c1ccnc(-n2c3[c-]c(Oc4[c-]c5c(cc4)N4B(c6ccccc6-c6ccccc6-c6ccccc64)n4ccnc4-5)ccc3c3ccccc32)c1.[Pt+2]. The van der Waals surface area contributed by atoms with Crippen LogP contribution in [0.1, 0.15) is 26.3 Å². The third-order valence-corrected chi connectivity index (χ3v) is 11.1. The Morgan fingerprint density at radius 1 is 0.625 bits per heavy atom. The third kappa shape index (κ3) is 5.22. The van der Waals surface area contributed by atoms with Gasteiger partial charge in [-0.2, -0.15) is 6.07 Å². The van der Waals surface area contributed by atoms with Crippen LogP contribution >= 0.6 is 0 Å². The molecule has 0 unspecified atom stereocenters. The maximum Gasteiger partial charge on any atom is 2.00 e. The van der Waals surface area contributed by atoms with Gasteiger partial charge >= 0.3 is 28.0 Å². The normalized spacial score (nSPS) is 12.7. The minimum atomic E-state index is -0.168. The van der Waals surface area contributed by atoms with Gasteiger partial charge in [0.1, 0.15) is 5.82 Å². The van der Waals surface area contributed by atoms with E-state index in [1.807, 2.05) is 24.5 Å². The zero-order chi connectivity index (χ0) is 36.8. The maximum absolute atomic E-state index is 6.66. The number of rotatable bonds is 3. The molecule has 2 aliphatic heterocycles. The fourth-order valence-electron chi connectivity index (χ4n) is 8.54. The van der Waals surface area contributed by atoms with Crippen LogP contribution in [-0.4, -0.2) is 26.0 Å². The number of imidazole rings is 1. The summed E-state index contributed by atoms with van der Waals surface area (Å²) in [5.74, 6) is 2.88. The summed E-state index contributed by atoms with van der Waals surface area (Å²) in [6.45, 7) is 6.51. The maximum atomic E-state index is 6.66. The molecule has 0 bridgehead atoms. The minimum absolute atomic E-state index is 0. The minimum Gasteiger partial charge on any atom is -0.503 e. The van der Waals surface area contributed by atoms with E-state index in [2.05, 4.69) is 174 Å². The van der Waals surface area contributed by atoms with E-state index in [1.165, 1.54) is 33.3 Å². The van der Waals surface area contributed by atoms with Crippen molar-refractivity contribution in [2.45, 2.75) is 26.2 Å². The number of hydrogen-bond donors (Lipinski definition) is 0. The van der Waals surface area contributed by atoms with Gasteiger partial charge in [-0.3, -0.25) is 4.98 Å². The molecular weight excluding hydrogens is 868 g/mol. The smallest absolute Gasteiger partial charge is 0.503 e. The molecule has 0 spiro atoms. The average molecular weight is 903 g/mol. The van der Waals surface area contributed by atoms with Gasteiger partial charge in [-0.05, 0) is 68.5 Å². The van der Waals surface area contributed by atoms with Crippen molar-refractivity contribution in [1.82, 2.24) is 19.0 Å². The van der Waals surface area contributed by atoms with Crippen molar-refractivity contribution < 1.29 is 25.8 Å². The van der Waals surface area contributed by atoms with Crippen LogP contribution in [0, 0.1) is 12.1 Å². The molecule has 0 N–H and O–H groups in total. The summed E-state index contributed by atoms with van der Waals surface area (Å²) >= 11 is 0. The van der Waals surface area contributed by atoms with Gasteiger partial charge < -0.3 is 18.6 Å². The number of hydrogen-bond acceptors (Lipinski definition) is 4. The van der Waals surface area contributed by atoms with Crippen molar-refractivity contribution in [3.05, 3.63) is 170 Å². The summed E-state index contributed by atoms with van der Waals surface area (Å²) in [7, 11) is 0. The van der Waals surface area contributed by atoms with Gasteiger partial charge in [-0.15, -0.1) is 23.6 Å². The second-order valence-electron chi connectivity index (χ2n) is 15.3. The first-order valence-electron chi connectivity index (χ1n) is 18.7. The van der Waals surface area contributed by atoms with Crippen molar-refractivity contribution in [2.75, 3.05) is 4.81 Å². The van der Waals surface area contributed by atoms with Crippen molar-refractivity contribution in [3.63, 3.8) is 0 Å². The topological polar surface area (TPSA) is 48.1 Å². The Morgan fingerprint density at radius 2 is 1.32 bits per heavy atom. The van der Waals surface area contributed by atoms with E-state index in [1.54, 1.807) is 0 Å². The van der Waals surface area contributed by atoms with Crippen LogP contribution in [-0.2, 0) is 26.5 Å². The van der Waals surface area contributed by atoms with E-state index in [4.69, 9.17) is 14.7 Å². The summed E-state index contributed by atoms with van der Waals surface area (Å²) in [6, 6.07) is 54.4. The van der Waals surface area contributed by atoms with Crippen LogP contribution in [0.3, 0.4) is 0 Å². The van der Waals surface area contributed by atoms with E-state index < -0.39 is 0 Å². The van der Waals surface area contributed by atoms with E-state index in [0.29, 0.717) is 11.5 Å². The zero-order valence-electron chi connectivity index (χ0n) is 31.0. The molecule has 8 heteroatoms. The fraction of sp³-hybridized carbons (Fsp3) is 0.0833. The monoisotopic (exact) mass is 902 g/mol. The van der Waals surface area contributed by atoms with Crippen molar-refractivity contribution in [3.8, 4) is 51.0 Å². The van der Waals surface area contributed by atoms with Gasteiger partial charge in [-0.25, -0.2) is 4.98 Å². The number of aromatic nitrogens is 4. The molecule has 0 amide bonds. The van der Waals surface area contributed by atoms with Crippen molar-refractivity contribution >= 4 is 45.6 Å². The van der Waals surface area contributed by atoms with Gasteiger partial charge in [0, 0.05) is 52.7 Å². The Kier molecular flexibility index (Phi) is 7.95. The molecule has 11 rings (SSSR count). The van der Waals surface area contributed by atoms with Crippen molar-refractivity contribution in [1.29, 1.82) is 0 Å². The number of pyridine rings is 1. The molecule has 0 atom stereocenters. The summed E-state index contributed by atoms with van der Waals surface area (Å²) in [5.41, 5.74) is 12.2. The molecular formula is C48H34BN5OPt. The Labute approximate surface area is 340 Å². The van der Waals surface area contributed by atoms with E-state index in [0.717, 1.165) is 50.4 Å². The quantitative estimate of drug-likeness (QED) is 0.131. The number of anilines is 2. The third-order valence-electron chi connectivity index (χ3n) is 11.1. The molecule has 0 saturated heterocycles. The molecule has 6 aromatic carbocycles. The molecule has 0 aliphatic carbocycles. The fourth-order valence-corrected chi connectivity index (χ4v) is 8.54. The van der Waals surface area contributed by atoms with Crippen LogP contribution in [0.4, 0.5) is 11.4 Å². The van der Waals surface area contributed by atoms with Crippen LogP contribution in [0.5, 0.6) is 11.5 Å². The number of ether oxygens (including phenoxy) is 1. The zero-order valence-corrected chi connectivity index (χ0v) is 33.2. The summed E-state index contributed by atoms with van der Waals surface area (Å²) in [6.07, 6.45) is 5.86. The van der Waals surface area contributed by atoms with E-state index in [-0.39, 0.29) is 33.5 Å². The molecule has 56 heavy (non-hydrogen) atoms. The van der Waals surface area contributed by atoms with Crippen LogP contribution in [0.2, 0.25) is 0 Å². The number of fused-ring (bicyclic) bond motifs is 16. The van der Waals surface area contributed by atoms with Crippen molar-refractivity contribution in [2.24, 2.45) is 0 Å².